The van der Waals surface area contributed by atoms with Crippen molar-refractivity contribution in [3.63, 3.8) is 0 Å². The number of hydrogen-bond donors (Lipinski definition) is 3. The summed E-state index contributed by atoms with van der Waals surface area (Å²) in [6.07, 6.45) is 0.728. The van der Waals surface area contributed by atoms with Crippen molar-refractivity contribution in [1.82, 2.24) is 30.5 Å². The average Bonchev–Trinajstić information content (AvgIpc) is 3.70. The van der Waals surface area contributed by atoms with Gasteiger partial charge in [-0.15, -0.1) is 5.10 Å². The number of aliphatic hydroxyl groups is 1. The average molecular weight is 741 g/mol. The van der Waals surface area contributed by atoms with Gasteiger partial charge in [-0.05, 0) is 70.2 Å². The Balaban J connectivity index is 1.74. The first-order valence-electron chi connectivity index (χ1n) is 17.4. The van der Waals surface area contributed by atoms with Crippen LogP contribution in [0.25, 0.3) is 0 Å². The summed E-state index contributed by atoms with van der Waals surface area (Å²) in [5.41, 5.74) is -2.56. The maximum absolute atomic E-state index is 14.9. The van der Waals surface area contributed by atoms with E-state index in [1.54, 1.807) is 130 Å². The van der Waals surface area contributed by atoms with Crippen molar-refractivity contribution < 1.29 is 37.8 Å². The summed E-state index contributed by atoms with van der Waals surface area (Å²) in [4.78, 5) is 43.5. The normalized spacial score (nSPS) is 18.0. The van der Waals surface area contributed by atoms with Gasteiger partial charge in [0.05, 0.1) is 17.9 Å². The maximum Gasteiger partial charge on any atom is 0.453 e. The molecule has 52 heavy (non-hydrogen) atoms. The zero-order chi connectivity index (χ0) is 38.6. The molecular weight excluding hydrogens is 687 g/mol. The number of carbonyl (C=O) groups excluding carboxylic acids is 3. The molecule has 0 spiro atoms. The monoisotopic (exact) mass is 740 g/mol. The molecule has 4 rings (SSSR count). The molecule has 4 atom stereocenters. The second kappa shape index (κ2) is 15.7. The zero-order valence-corrected chi connectivity index (χ0v) is 32.6. The Morgan fingerprint density at radius 1 is 0.885 bits per heavy atom. The first-order chi connectivity index (χ1) is 24.1. The molecule has 0 radical (unpaired) electrons. The van der Waals surface area contributed by atoms with E-state index in [1.165, 1.54) is 15.8 Å². The molecule has 3 aromatic rings. The summed E-state index contributed by atoms with van der Waals surface area (Å²) in [7, 11) is -4.21. The molecule has 3 amide bonds. The minimum atomic E-state index is -4.21. The van der Waals surface area contributed by atoms with Crippen molar-refractivity contribution >= 4 is 25.5 Å². The number of para-hydroxylation sites is 2. The fourth-order valence-electron chi connectivity index (χ4n) is 5.92. The van der Waals surface area contributed by atoms with E-state index in [0.717, 1.165) is 0 Å². The van der Waals surface area contributed by atoms with Gasteiger partial charge in [-0.3, -0.25) is 9.59 Å². The third kappa shape index (κ3) is 10.1. The van der Waals surface area contributed by atoms with Crippen molar-refractivity contribution in [1.29, 1.82) is 0 Å². The van der Waals surface area contributed by atoms with Crippen molar-refractivity contribution in [3.8, 4) is 11.5 Å². The van der Waals surface area contributed by atoms with E-state index in [1.807, 2.05) is 0 Å². The van der Waals surface area contributed by atoms with Gasteiger partial charge in [-0.1, -0.05) is 76.2 Å². The number of alkyl carbamates (subject to hydrolysis) is 1. The summed E-state index contributed by atoms with van der Waals surface area (Å²) in [5, 5.41) is 24.8. The molecule has 2 heterocycles. The summed E-state index contributed by atoms with van der Waals surface area (Å²) in [6, 6.07) is 14.3. The van der Waals surface area contributed by atoms with Crippen LogP contribution in [0.3, 0.4) is 0 Å². The second-order valence-corrected chi connectivity index (χ2v) is 18.0. The molecule has 284 valence electrons. The summed E-state index contributed by atoms with van der Waals surface area (Å²) in [6.45, 7) is 17.3. The molecule has 3 N–H and O–H groups in total. The standard InChI is InChI=1S/C37H53N6O8P/c1-24(2)32(52(48,50-26-17-13-11-14-18-26)51-27-19-15-12-16-20-27)40-31(44)28-21-25(43-29(22-38-41-43)37(9,10)47)23-42(28)33(45)30(35(3,4)5)39-34(46)49-36(6,7)8/h11-20,22,24-25,28,30,32,47H,21,23H2,1-10H3,(H,39,46)(H,40,44)/t25-,28-,30+,32?/m0/s1. The molecule has 1 unspecified atom stereocenters. The number of ether oxygens (including phenoxy) is 1. The minimum absolute atomic E-state index is 0.00300. The fourth-order valence-corrected chi connectivity index (χ4v) is 8.03. The van der Waals surface area contributed by atoms with E-state index in [4.69, 9.17) is 13.8 Å². The van der Waals surface area contributed by atoms with E-state index in [-0.39, 0.29) is 24.5 Å². The van der Waals surface area contributed by atoms with Crippen LogP contribution in [0.5, 0.6) is 11.5 Å². The van der Waals surface area contributed by atoms with E-state index < -0.39 is 71.9 Å². The Morgan fingerprint density at radius 2 is 1.42 bits per heavy atom. The molecule has 0 saturated carbocycles. The molecule has 2 aromatic carbocycles. The van der Waals surface area contributed by atoms with Gasteiger partial charge in [0.15, 0.2) is 5.78 Å². The van der Waals surface area contributed by atoms with Gasteiger partial charge in [0.2, 0.25) is 11.8 Å². The highest BCUT2D eigenvalue weighted by Gasteiger charge is 2.49. The van der Waals surface area contributed by atoms with Crippen LogP contribution in [0.4, 0.5) is 4.79 Å². The van der Waals surface area contributed by atoms with Gasteiger partial charge >= 0.3 is 13.7 Å². The Bertz CT molecular complexity index is 1680. The molecule has 14 nitrogen and oxygen atoms in total. The van der Waals surface area contributed by atoms with Crippen LogP contribution in [0.2, 0.25) is 0 Å². The van der Waals surface area contributed by atoms with Crippen LogP contribution >= 0.6 is 7.60 Å². The minimum Gasteiger partial charge on any atom is -0.444 e. The number of carbonyl (C=O) groups is 3. The first-order valence-corrected chi connectivity index (χ1v) is 19.0. The quantitative estimate of drug-likeness (QED) is 0.186. The van der Waals surface area contributed by atoms with E-state index in [9.17, 15) is 24.1 Å². The number of aromatic nitrogens is 3. The summed E-state index contributed by atoms with van der Waals surface area (Å²) in [5.74, 6) is -2.20. The molecule has 0 aliphatic carbocycles. The zero-order valence-electron chi connectivity index (χ0n) is 31.7. The molecule has 0 bridgehead atoms. The van der Waals surface area contributed by atoms with E-state index >= 15 is 0 Å². The summed E-state index contributed by atoms with van der Waals surface area (Å²) < 4.78 is 34.1. The Hall–Kier alpha value is -4.42. The topological polar surface area (TPSA) is 174 Å². The van der Waals surface area contributed by atoms with Gasteiger partial charge < -0.3 is 34.4 Å². The van der Waals surface area contributed by atoms with E-state index in [2.05, 4.69) is 20.9 Å². The molecule has 1 aromatic heterocycles. The van der Waals surface area contributed by atoms with Gasteiger partial charge in [0.1, 0.15) is 34.8 Å². The van der Waals surface area contributed by atoms with Crippen LogP contribution in [-0.4, -0.2) is 72.9 Å². The van der Waals surface area contributed by atoms with Gasteiger partial charge in [-0.25, -0.2) is 14.0 Å². The smallest absolute Gasteiger partial charge is 0.444 e. The highest BCUT2D eigenvalue weighted by Crippen LogP contribution is 2.54. The molecule has 1 saturated heterocycles. The number of benzene rings is 2. The number of amides is 3. The summed E-state index contributed by atoms with van der Waals surface area (Å²) >= 11 is 0. The van der Waals surface area contributed by atoms with E-state index in [0.29, 0.717) is 5.69 Å². The number of nitrogens with one attached hydrogen (secondary N) is 2. The van der Waals surface area contributed by atoms with Crippen LogP contribution in [0.1, 0.15) is 87.4 Å². The van der Waals surface area contributed by atoms with Crippen molar-refractivity contribution in [2.24, 2.45) is 11.3 Å². The highest BCUT2D eigenvalue weighted by molar-refractivity contribution is 7.55. The largest absolute Gasteiger partial charge is 0.453 e. The lowest BCUT2D eigenvalue weighted by atomic mass is 9.85. The highest BCUT2D eigenvalue weighted by atomic mass is 31.2. The predicted molar refractivity (Wildman–Crippen MR) is 196 cm³/mol. The molecule has 15 heteroatoms. The molecule has 1 aliphatic heterocycles. The van der Waals surface area contributed by atoms with Crippen molar-refractivity contribution in [2.75, 3.05) is 6.54 Å². The van der Waals surface area contributed by atoms with Gasteiger partial charge in [0.25, 0.3) is 0 Å². The maximum atomic E-state index is 14.9. The Labute approximate surface area is 306 Å². The third-order valence-electron chi connectivity index (χ3n) is 8.40. The third-order valence-corrected chi connectivity index (χ3v) is 10.7. The lowest BCUT2D eigenvalue weighted by Gasteiger charge is -2.36. The van der Waals surface area contributed by atoms with Crippen molar-refractivity contribution in [2.45, 2.75) is 111 Å². The Kier molecular flexibility index (Phi) is 12.2. The molecule has 1 fully saturated rings. The fraction of sp³-hybridized carbons (Fsp3) is 0.541. The number of rotatable bonds is 12. The number of nitrogens with zero attached hydrogens (tertiary/aromatic N) is 4. The SMILES string of the molecule is CC(C)C(NC(=O)[C@@H]1C[C@H](n2nncc2C(C)(C)O)CN1C(=O)[C@@H](NC(=O)OC(C)(C)C)C(C)(C)C)P(=O)(Oc1ccccc1)Oc1ccccc1. The van der Waals surface area contributed by atoms with Crippen LogP contribution in [-0.2, 0) is 24.5 Å². The predicted octanol–water partition coefficient (Wildman–Crippen LogP) is 6.04. The van der Waals surface area contributed by atoms with Crippen LogP contribution in [0, 0.1) is 11.3 Å². The van der Waals surface area contributed by atoms with Gasteiger partial charge in [0, 0.05) is 13.0 Å². The Morgan fingerprint density at radius 3 is 1.88 bits per heavy atom. The lowest BCUT2D eigenvalue weighted by Crippen LogP contribution is -2.59. The van der Waals surface area contributed by atoms with Crippen LogP contribution < -0.4 is 19.7 Å². The number of likely N-dealkylation sites (tertiary alicyclic amines) is 1. The lowest BCUT2D eigenvalue weighted by molar-refractivity contribution is -0.142. The van der Waals surface area contributed by atoms with Crippen molar-refractivity contribution in [3.05, 3.63) is 72.6 Å². The van der Waals surface area contributed by atoms with Crippen LogP contribution in [0.15, 0.2) is 66.9 Å². The molecular formula is C37H53N6O8P. The molecule has 1 aliphatic rings. The van der Waals surface area contributed by atoms with Gasteiger partial charge in [-0.2, -0.15) is 0 Å². The first kappa shape index (κ1) is 40.4. The number of hydrogen-bond acceptors (Lipinski definition) is 10. The second-order valence-electron chi connectivity index (χ2n) is 16.0.